The number of benzene rings is 2. The topological polar surface area (TPSA) is 337 Å². The number of carbonyl (C=O) groups is 9. The first-order chi connectivity index (χ1) is 26.7. The molecular formula is C36H49N9O12. The van der Waals surface area contributed by atoms with E-state index in [1.165, 1.54) is 71.0 Å². The van der Waals surface area contributed by atoms with Crippen LogP contribution in [0, 0.1) is 0 Å². The van der Waals surface area contributed by atoms with Gasteiger partial charge in [0, 0.05) is 12.8 Å². The Labute approximate surface area is 327 Å². The Kier molecular flexibility index (Phi) is 17.7. The third-order valence-electron chi connectivity index (χ3n) is 8.23. The Balaban J connectivity index is 1.99. The van der Waals surface area contributed by atoms with Crippen LogP contribution in [0.5, 0.6) is 11.5 Å². The molecule has 2 rings (SSSR count). The monoisotopic (exact) mass is 799 g/mol. The smallest absolute Gasteiger partial charge is 0.405 e. The molecule has 0 saturated carbocycles. The minimum atomic E-state index is -1.44. The standard InChI is InChI=1S/C36H49N9O12/c1-17(30(50)38-16-28(48)44-26(29(37)49)14-22-6-10-24(46)11-7-22)39-32(52)19(3)42-35(55)27(15-23-8-12-25(47)13-9-23)45-34(54)20(4)41-31(51)18(2)40-33(53)21(5)43-36(56)57/h6-13,17-21,26-27,43,46-47H,14-16H2,1-5H3,(H2,37,49)(H,38,50)(H,39,52)(H,40,53)(H,41,51)(H,42,55)(H,44,48)(H,45,54)(H,56,57)/t17-,18-,19-,20-,21-,26-,27-/m0/s1. The zero-order valence-corrected chi connectivity index (χ0v) is 31.9. The van der Waals surface area contributed by atoms with E-state index in [4.69, 9.17) is 10.8 Å². The van der Waals surface area contributed by atoms with Gasteiger partial charge in [-0.3, -0.25) is 38.4 Å². The van der Waals surface area contributed by atoms with E-state index in [1.54, 1.807) is 12.1 Å². The number of rotatable bonds is 20. The van der Waals surface area contributed by atoms with Gasteiger partial charge in [0.2, 0.25) is 47.3 Å². The lowest BCUT2D eigenvalue weighted by atomic mass is 10.0. The van der Waals surface area contributed by atoms with Crippen molar-refractivity contribution in [1.29, 1.82) is 0 Å². The fourth-order valence-electron chi connectivity index (χ4n) is 4.87. The zero-order valence-electron chi connectivity index (χ0n) is 31.9. The molecule has 7 atom stereocenters. The van der Waals surface area contributed by atoms with E-state index in [0.717, 1.165) is 0 Å². The molecule has 310 valence electrons. The van der Waals surface area contributed by atoms with Crippen molar-refractivity contribution in [3.8, 4) is 11.5 Å². The average molecular weight is 800 g/mol. The van der Waals surface area contributed by atoms with Gasteiger partial charge >= 0.3 is 6.09 Å². The Morgan fingerprint density at radius 1 is 0.491 bits per heavy atom. The number of phenolic OH excluding ortho intramolecular Hbond substituents is 2. The normalized spacial score (nSPS) is 14.3. The average Bonchev–Trinajstić information content (AvgIpc) is 3.14. The van der Waals surface area contributed by atoms with Gasteiger partial charge in [-0.1, -0.05) is 24.3 Å². The molecule has 0 bridgehead atoms. The number of amides is 9. The van der Waals surface area contributed by atoms with Crippen LogP contribution in [-0.2, 0) is 51.2 Å². The van der Waals surface area contributed by atoms with E-state index in [-0.39, 0.29) is 24.3 Å². The second-order valence-electron chi connectivity index (χ2n) is 13.1. The summed E-state index contributed by atoms with van der Waals surface area (Å²) in [5.41, 5.74) is 6.50. The fourth-order valence-corrected chi connectivity index (χ4v) is 4.87. The molecule has 0 aliphatic rings. The first kappa shape index (κ1) is 46.2. The lowest BCUT2D eigenvalue weighted by Gasteiger charge is -2.24. The van der Waals surface area contributed by atoms with E-state index in [2.05, 4.69) is 37.2 Å². The Morgan fingerprint density at radius 2 is 0.842 bits per heavy atom. The molecule has 0 radical (unpaired) electrons. The second-order valence-corrected chi connectivity index (χ2v) is 13.1. The minimum absolute atomic E-state index is 0.0101. The number of nitrogens with one attached hydrogen (secondary N) is 8. The first-order valence-electron chi connectivity index (χ1n) is 17.6. The number of carboxylic acid groups (broad SMARTS) is 1. The summed E-state index contributed by atoms with van der Waals surface area (Å²) in [5.74, 6) is -6.45. The molecular weight excluding hydrogens is 750 g/mol. The van der Waals surface area contributed by atoms with E-state index in [1.807, 2.05) is 5.32 Å². The summed E-state index contributed by atoms with van der Waals surface area (Å²) < 4.78 is 0. The van der Waals surface area contributed by atoms with Crippen molar-refractivity contribution in [1.82, 2.24) is 42.5 Å². The third-order valence-corrected chi connectivity index (χ3v) is 8.23. The van der Waals surface area contributed by atoms with Crippen LogP contribution in [-0.4, -0.2) is 118 Å². The van der Waals surface area contributed by atoms with Gasteiger partial charge in [-0.25, -0.2) is 4.79 Å². The summed E-state index contributed by atoms with van der Waals surface area (Å²) in [5, 5.41) is 46.7. The highest BCUT2D eigenvalue weighted by Gasteiger charge is 2.30. The van der Waals surface area contributed by atoms with E-state index in [9.17, 15) is 53.4 Å². The SMILES string of the molecule is C[C@H](NC(=O)O)C(=O)N[C@@H](C)C(=O)N[C@@H](C)C(=O)N[C@@H](Cc1ccc(O)cc1)C(=O)N[C@@H](C)C(=O)N[C@@H](C)C(=O)NCC(=O)N[C@@H](Cc1ccc(O)cc1)C(N)=O. The lowest BCUT2D eigenvalue weighted by Crippen LogP contribution is -2.58. The Hall–Kier alpha value is -6.93. The number of aromatic hydroxyl groups is 2. The quantitative estimate of drug-likeness (QED) is 0.0643. The maximum atomic E-state index is 13.4. The van der Waals surface area contributed by atoms with Crippen molar-refractivity contribution < 1.29 is 58.5 Å². The van der Waals surface area contributed by atoms with Crippen LogP contribution in [0.2, 0.25) is 0 Å². The summed E-state index contributed by atoms with van der Waals surface area (Å²) in [6.07, 6.45) is -1.54. The molecule has 21 nitrogen and oxygen atoms in total. The van der Waals surface area contributed by atoms with Crippen LogP contribution in [0.1, 0.15) is 45.7 Å². The van der Waals surface area contributed by atoms with Gasteiger partial charge in [0.05, 0.1) is 6.54 Å². The number of hydrogen-bond donors (Lipinski definition) is 12. The highest BCUT2D eigenvalue weighted by molar-refractivity contribution is 5.97. The van der Waals surface area contributed by atoms with Crippen LogP contribution in [0.3, 0.4) is 0 Å². The highest BCUT2D eigenvalue weighted by Crippen LogP contribution is 2.13. The molecule has 2 aromatic rings. The van der Waals surface area contributed by atoms with Crippen LogP contribution in [0.25, 0.3) is 0 Å². The number of hydrogen-bond acceptors (Lipinski definition) is 11. The molecule has 0 aromatic heterocycles. The molecule has 21 heteroatoms. The van der Waals surface area contributed by atoms with Crippen molar-refractivity contribution in [2.24, 2.45) is 5.73 Å². The van der Waals surface area contributed by atoms with Gasteiger partial charge < -0.3 is 63.6 Å². The zero-order chi connectivity index (χ0) is 43.0. The van der Waals surface area contributed by atoms with Gasteiger partial charge in [0.1, 0.15) is 53.8 Å². The second kappa shape index (κ2) is 21.8. The van der Waals surface area contributed by atoms with Crippen molar-refractivity contribution >= 4 is 53.4 Å². The maximum absolute atomic E-state index is 13.4. The molecule has 0 aliphatic carbocycles. The molecule has 2 aromatic carbocycles. The number of carbonyl (C=O) groups excluding carboxylic acids is 8. The first-order valence-corrected chi connectivity index (χ1v) is 17.6. The minimum Gasteiger partial charge on any atom is -0.508 e. The van der Waals surface area contributed by atoms with E-state index >= 15 is 0 Å². The molecule has 0 aliphatic heterocycles. The van der Waals surface area contributed by atoms with Crippen LogP contribution >= 0.6 is 0 Å². The Morgan fingerprint density at radius 3 is 1.25 bits per heavy atom. The number of nitrogens with two attached hydrogens (primary N) is 1. The molecule has 13 N–H and O–H groups in total. The predicted octanol–water partition coefficient (Wildman–Crippen LogP) is -2.87. The van der Waals surface area contributed by atoms with E-state index < -0.39 is 102 Å². The summed E-state index contributed by atoms with van der Waals surface area (Å²) in [6.45, 7) is 5.95. The fraction of sp³-hybridized carbons (Fsp3) is 0.417. The number of phenols is 2. The van der Waals surface area contributed by atoms with Gasteiger partial charge in [-0.15, -0.1) is 0 Å². The van der Waals surface area contributed by atoms with Gasteiger partial charge in [0.15, 0.2) is 0 Å². The highest BCUT2D eigenvalue weighted by atomic mass is 16.4. The van der Waals surface area contributed by atoms with Gasteiger partial charge in [-0.2, -0.15) is 0 Å². The van der Waals surface area contributed by atoms with Crippen LogP contribution < -0.4 is 48.3 Å². The maximum Gasteiger partial charge on any atom is 0.405 e. The number of primary amides is 1. The molecule has 9 amide bonds. The summed E-state index contributed by atoms with van der Waals surface area (Å²) in [4.78, 5) is 112. The molecule has 0 fully saturated rings. The van der Waals surface area contributed by atoms with Crippen molar-refractivity contribution in [3.05, 3.63) is 59.7 Å². The molecule has 0 saturated heterocycles. The molecule has 0 spiro atoms. The summed E-state index contributed by atoms with van der Waals surface area (Å²) in [6, 6.07) is 3.11. The van der Waals surface area contributed by atoms with Gasteiger partial charge in [0.25, 0.3) is 0 Å². The van der Waals surface area contributed by atoms with Gasteiger partial charge in [-0.05, 0) is 70.0 Å². The molecule has 0 heterocycles. The third kappa shape index (κ3) is 16.1. The largest absolute Gasteiger partial charge is 0.508 e. The van der Waals surface area contributed by atoms with Crippen molar-refractivity contribution in [2.75, 3.05) is 6.54 Å². The van der Waals surface area contributed by atoms with Crippen molar-refractivity contribution in [2.45, 2.75) is 89.8 Å². The molecule has 57 heavy (non-hydrogen) atoms. The predicted molar refractivity (Wildman–Crippen MR) is 201 cm³/mol. The van der Waals surface area contributed by atoms with Crippen LogP contribution in [0.15, 0.2) is 48.5 Å². The van der Waals surface area contributed by atoms with E-state index in [0.29, 0.717) is 11.1 Å². The van der Waals surface area contributed by atoms with Crippen molar-refractivity contribution in [3.63, 3.8) is 0 Å². The summed E-state index contributed by atoms with van der Waals surface area (Å²) >= 11 is 0. The lowest BCUT2D eigenvalue weighted by molar-refractivity contribution is -0.134. The summed E-state index contributed by atoms with van der Waals surface area (Å²) in [7, 11) is 0. The Bertz CT molecular complexity index is 1790. The molecule has 0 unspecified atom stereocenters. The van der Waals surface area contributed by atoms with Crippen LogP contribution in [0.4, 0.5) is 4.79 Å².